The fourth-order valence-electron chi connectivity index (χ4n) is 3.88. The maximum atomic E-state index is 6.04. The topological polar surface area (TPSA) is 71.0 Å². The number of para-hydroxylation sites is 4. The fourth-order valence-corrected chi connectivity index (χ4v) is 5.86. The number of benzene rings is 4. The van der Waals surface area contributed by atoms with Gasteiger partial charge in [-0.1, -0.05) is 84.9 Å². The van der Waals surface area contributed by atoms with Gasteiger partial charge in [0, 0.05) is 21.5 Å². The smallest absolute Gasteiger partial charge is 0.387 e. The van der Waals surface area contributed by atoms with Crippen LogP contribution in [-0.4, -0.2) is 13.2 Å². The van der Waals surface area contributed by atoms with E-state index in [9.17, 15) is 0 Å². The van der Waals surface area contributed by atoms with E-state index in [1.165, 1.54) is 0 Å². The second kappa shape index (κ2) is 10.5. The van der Waals surface area contributed by atoms with E-state index in [-0.39, 0.29) is 0 Å². The summed E-state index contributed by atoms with van der Waals surface area (Å²) in [4.78, 5) is 0. The van der Waals surface area contributed by atoms with Gasteiger partial charge in [-0.25, -0.2) is 0 Å². The van der Waals surface area contributed by atoms with E-state index in [0.717, 1.165) is 43.9 Å². The lowest BCUT2D eigenvalue weighted by atomic mass is 10.1. The SMILES string of the molecule is C(=CCOp1oc2ccccc2c2ccccc2o1)COp1oc2ccccc2c2ccccc2o1. The molecule has 2 aromatic heterocycles. The molecule has 0 spiro atoms. The van der Waals surface area contributed by atoms with Crippen LogP contribution in [-0.2, 0) is 0 Å². The van der Waals surface area contributed by atoms with Crippen LogP contribution in [0.2, 0.25) is 0 Å². The van der Waals surface area contributed by atoms with Crippen LogP contribution in [0.15, 0.2) is 126 Å². The van der Waals surface area contributed by atoms with Gasteiger partial charge in [0.05, 0.1) is 13.2 Å². The van der Waals surface area contributed by atoms with Crippen LogP contribution in [0.1, 0.15) is 0 Å². The van der Waals surface area contributed by atoms with Gasteiger partial charge in [-0.3, -0.25) is 9.05 Å². The summed E-state index contributed by atoms with van der Waals surface area (Å²) >= 11 is 0. The van der Waals surface area contributed by atoms with Crippen LogP contribution in [0, 0.1) is 0 Å². The normalized spacial score (nSPS) is 11.7. The fraction of sp³-hybridized carbons (Fsp3) is 0.0714. The third-order valence-electron chi connectivity index (χ3n) is 5.54. The van der Waals surface area contributed by atoms with Crippen molar-refractivity contribution in [2.75, 3.05) is 13.2 Å². The molecule has 6 rings (SSSR count). The third kappa shape index (κ3) is 4.86. The van der Waals surface area contributed by atoms with Gasteiger partial charge in [-0.15, -0.1) is 0 Å². The molecule has 6 nitrogen and oxygen atoms in total. The molecule has 0 fully saturated rings. The van der Waals surface area contributed by atoms with Crippen LogP contribution in [0.25, 0.3) is 43.9 Å². The van der Waals surface area contributed by atoms with Crippen LogP contribution < -0.4 is 9.05 Å². The zero-order valence-corrected chi connectivity index (χ0v) is 20.9. The summed E-state index contributed by atoms with van der Waals surface area (Å²) in [6.07, 6.45) is 3.74. The van der Waals surface area contributed by atoms with Crippen molar-refractivity contribution in [1.29, 1.82) is 0 Å². The Kier molecular flexibility index (Phi) is 6.66. The molecule has 0 bridgehead atoms. The van der Waals surface area contributed by atoms with Crippen LogP contribution in [0.4, 0.5) is 0 Å². The predicted octanol–water partition coefficient (Wildman–Crippen LogP) is 9.01. The van der Waals surface area contributed by atoms with E-state index in [0.29, 0.717) is 13.2 Å². The first-order valence-corrected chi connectivity index (χ1v) is 13.6. The Balaban J connectivity index is 1.18. The first kappa shape index (κ1) is 22.8. The number of rotatable bonds is 6. The molecule has 4 aromatic carbocycles. The highest BCUT2D eigenvalue weighted by atomic mass is 31.1. The Hall–Kier alpha value is -3.66. The van der Waals surface area contributed by atoms with Gasteiger partial charge < -0.3 is 16.8 Å². The van der Waals surface area contributed by atoms with E-state index in [4.69, 9.17) is 25.8 Å². The molecule has 0 amide bonds. The van der Waals surface area contributed by atoms with Gasteiger partial charge in [0.2, 0.25) is 0 Å². The molecule has 6 aromatic rings. The molecule has 180 valence electrons. The summed E-state index contributed by atoms with van der Waals surface area (Å²) in [6.45, 7) is 0.620. The van der Waals surface area contributed by atoms with Crippen LogP contribution in [0.5, 0.6) is 0 Å². The average molecular weight is 516 g/mol. The first-order valence-electron chi connectivity index (χ1n) is 11.4. The zero-order chi connectivity index (χ0) is 24.2. The summed E-state index contributed by atoms with van der Waals surface area (Å²) in [7, 11) is -3.21. The molecular formula is C28H22O6P2. The molecule has 0 unspecified atom stereocenters. The summed E-state index contributed by atoms with van der Waals surface area (Å²) in [6, 6.07) is 31.5. The molecule has 0 atom stereocenters. The second-order valence-corrected chi connectivity index (χ2v) is 10.0. The summed E-state index contributed by atoms with van der Waals surface area (Å²) in [5, 5.41) is 3.94. The number of fused-ring (bicyclic) bond motifs is 6. The van der Waals surface area contributed by atoms with Crippen molar-refractivity contribution >= 4 is 60.4 Å². The average Bonchev–Trinajstić information content (AvgIpc) is 3.18. The minimum Gasteiger partial charge on any atom is -0.399 e. The molecule has 0 saturated heterocycles. The molecule has 0 aliphatic carbocycles. The molecular weight excluding hydrogens is 494 g/mol. The Labute approximate surface area is 208 Å². The van der Waals surface area contributed by atoms with Crippen molar-refractivity contribution in [3.05, 3.63) is 109 Å². The standard InChI is InChI=1S/C28H22O6P2/c1-5-15-25-21(11-1)22-12-2-6-16-26(22)32-35(31-25)29-19-9-10-20-30-36-33-27-17-7-3-13-23(27)24-14-4-8-18-28(24)34-36/h1-18H,19-20H2. The molecule has 2 heterocycles. The van der Waals surface area contributed by atoms with Crippen molar-refractivity contribution in [1.82, 2.24) is 0 Å². The van der Waals surface area contributed by atoms with E-state index < -0.39 is 16.5 Å². The van der Waals surface area contributed by atoms with Gasteiger partial charge in [0.1, 0.15) is 22.3 Å². The first-order chi connectivity index (χ1) is 17.8. The van der Waals surface area contributed by atoms with Gasteiger partial charge >= 0.3 is 16.5 Å². The largest absolute Gasteiger partial charge is 0.399 e. The highest BCUT2D eigenvalue weighted by molar-refractivity contribution is 7.32. The van der Waals surface area contributed by atoms with E-state index in [2.05, 4.69) is 0 Å². The van der Waals surface area contributed by atoms with Crippen molar-refractivity contribution < 1.29 is 25.8 Å². The van der Waals surface area contributed by atoms with Gasteiger partial charge in [-0.2, -0.15) is 0 Å². The summed E-state index contributed by atoms with van der Waals surface area (Å²) in [5.74, 6) is 0. The van der Waals surface area contributed by atoms with Crippen LogP contribution >= 0.6 is 16.5 Å². The molecule has 0 saturated carbocycles. The predicted molar refractivity (Wildman–Crippen MR) is 145 cm³/mol. The van der Waals surface area contributed by atoms with Crippen molar-refractivity contribution in [2.45, 2.75) is 0 Å². The van der Waals surface area contributed by atoms with Gasteiger partial charge in [0.25, 0.3) is 0 Å². The van der Waals surface area contributed by atoms with Crippen molar-refractivity contribution in [3.63, 3.8) is 0 Å². The number of hydrogen-bond acceptors (Lipinski definition) is 6. The molecule has 36 heavy (non-hydrogen) atoms. The van der Waals surface area contributed by atoms with Crippen molar-refractivity contribution in [3.8, 4) is 0 Å². The highest BCUT2D eigenvalue weighted by Crippen LogP contribution is 2.34. The van der Waals surface area contributed by atoms with E-state index in [1.807, 2.05) is 109 Å². The minimum absolute atomic E-state index is 0.310. The third-order valence-corrected chi connectivity index (χ3v) is 7.64. The van der Waals surface area contributed by atoms with E-state index >= 15 is 0 Å². The molecule has 0 radical (unpaired) electrons. The Morgan fingerprint density at radius 2 is 0.722 bits per heavy atom. The summed E-state index contributed by atoms with van der Waals surface area (Å²) in [5.41, 5.74) is 2.97. The molecule has 0 aliphatic rings. The second-order valence-electron chi connectivity index (χ2n) is 7.86. The maximum absolute atomic E-state index is 6.04. The molecule has 0 N–H and O–H groups in total. The lowest BCUT2D eigenvalue weighted by molar-refractivity contribution is 0.402. The van der Waals surface area contributed by atoms with E-state index in [1.54, 1.807) is 0 Å². The minimum atomic E-state index is -1.60. The Morgan fingerprint density at radius 3 is 1.03 bits per heavy atom. The lowest BCUT2D eigenvalue weighted by Gasteiger charge is -1.97. The maximum Gasteiger partial charge on any atom is 0.387 e. The molecule has 0 aliphatic heterocycles. The highest BCUT2D eigenvalue weighted by Gasteiger charge is 2.07. The van der Waals surface area contributed by atoms with Gasteiger partial charge in [-0.05, 0) is 24.3 Å². The van der Waals surface area contributed by atoms with Crippen LogP contribution in [0.3, 0.4) is 0 Å². The Morgan fingerprint density at radius 1 is 0.444 bits per heavy atom. The van der Waals surface area contributed by atoms with Gasteiger partial charge in [0.15, 0.2) is 0 Å². The number of hydrogen-bond donors (Lipinski definition) is 0. The summed E-state index contributed by atoms with van der Waals surface area (Å²) < 4.78 is 36.0. The zero-order valence-electron chi connectivity index (χ0n) is 19.2. The Bertz CT molecular complexity index is 1520. The molecule has 8 heteroatoms. The lowest BCUT2D eigenvalue weighted by Crippen LogP contribution is -1.93. The quantitative estimate of drug-likeness (QED) is 0.206. The monoisotopic (exact) mass is 516 g/mol. The van der Waals surface area contributed by atoms with Crippen molar-refractivity contribution in [2.24, 2.45) is 0 Å².